The predicted molar refractivity (Wildman–Crippen MR) is 142 cm³/mol. The number of ether oxygens (including phenoxy) is 1. The van der Waals surface area contributed by atoms with Crippen LogP contribution in [0.25, 0.3) is 0 Å². The first-order chi connectivity index (χ1) is 17.7. The average molecular weight is 528 g/mol. The minimum Gasteiger partial charge on any atom is -0.497 e. The van der Waals surface area contributed by atoms with E-state index in [2.05, 4.69) is 17.6 Å². The number of fused-ring (bicyclic) bond motifs is 2. The number of aliphatic hydroxyl groups is 2. The predicted octanol–water partition coefficient (Wildman–Crippen LogP) is 3.42. The Balaban J connectivity index is 1.41. The van der Waals surface area contributed by atoms with Crippen molar-refractivity contribution in [1.82, 2.24) is 10.3 Å². The van der Waals surface area contributed by atoms with Crippen LogP contribution >= 0.6 is 11.3 Å². The molecule has 0 saturated heterocycles. The van der Waals surface area contributed by atoms with E-state index in [0.29, 0.717) is 24.4 Å². The molecule has 2 saturated carbocycles. The molecule has 0 radical (unpaired) electrons. The molecule has 37 heavy (non-hydrogen) atoms. The number of methoxy groups -OCH3 is 1. The number of carbonyl (C=O) groups excluding carboxylic acids is 2. The molecule has 1 aromatic carbocycles. The summed E-state index contributed by atoms with van der Waals surface area (Å²) in [5.74, 6) is 0.447. The second-order valence-corrected chi connectivity index (χ2v) is 12.6. The standard InChI is InChI=1S/C28H37N3O5S/c1-27-11-10-22(33)28(2,15-32)21(27)14-20-25(19(27)13-24(35)29-17-6-7-17)31-26(37-20)30-23(34)12-16-4-8-18(36-3)9-5-16/h4-5,8-9,17,19,21-22,32-33H,6-7,10-15H2,1-3H3,(H,29,35)(H,30,31,34)/t19-,21+,22-,27+,28+/m1/s1. The number of hydrogen-bond donors (Lipinski definition) is 4. The summed E-state index contributed by atoms with van der Waals surface area (Å²) in [5.41, 5.74) is 0.785. The van der Waals surface area contributed by atoms with Gasteiger partial charge in [0.15, 0.2) is 5.13 Å². The van der Waals surface area contributed by atoms with E-state index >= 15 is 0 Å². The lowest BCUT2D eigenvalue weighted by Gasteiger charge is -2.58. The highest BCUT2D eigenvalue weighted by atomic mass is 32.1. The van der Waals surface area contributed by atoms with Gasteiger partial charge in [-0.1, -0.05) is 26.0 Å². The second-order valence-electron chi connectivity index (χ2n) is 11.5. The first-order valence-electron chi connectivity index (χ1n) is 13.2. The molecule has 5 rings (SSSR count). The summed E-state index contributed by atoms with van der Waals surface area (Å²) in [6.45, 7) is 4.04. The molecule has 200 valence electrons. The Morgan fingerprint density at radius 3 is 2.54 bits per heavy atom. The van der Waals surface area contributed by atoms with Gasteiger partial charge >= 0.3 is 0 Å². The fourth-order valence-corrected chi connectivity index (χ4v) is 7.58. The molecule has 8 nitrogen and oxygen atoms in total. The highest BCUT2D eigenvalue weighted by Crippen LogP contribution is 2.62. The van der Waals surface area contributed by atoms with E-state index in [-0.39, 0.29) is 48.1 Å². The Kier molecular flexibility index (Phi) is 7.06. The van der Waals surface area contributed by atoms with Crippen LogP contribution in [0.15, 0.2) is 24.3 Å². The maximum absolute atomic E-state index is 13.0. The number of hydrogen-bond acceptors (Lipinski definition) is 7. The van der Waals surface area contributed by atoms with E-state index in [1.54, 1.807) is 7.11 Å². The molecular weight excluding hydrogens is 490 g/mol. The highest BCUT2D eigenvalue weighted by Gasteiger charge is 2.59. The van der Waals surface area contributed by atoms with Crippen molar-refractivity contribution >= 4 is 28.3 Å². The van der Waals surface area contributed by atoms with Crippen LogP contribution in [0, 0.1) is 16.7 Å². The van der Waals surface area contributed by atoms with Crippen molar-refractivity contribution in [1.29, 1.82) is 0 Å². The lowest BCUT2D eigenvalue weighted by Crippen LogP contribution is -2.57. The minimum atomic E-state index is -0.669. The van der Waals surface area contributed by atoms with Crippen LogP contribution in [0.4, 0.5) is 5.13 Å². The Bertz CT molecular complexity index is 1160. The van der Waals surface area contributed by atoms with Crippen LogP contribution < -0.4 is 15.4 Å². The van der Waals surface area contributed by atoms with Crippen LogP contribution in [-0.2, 0) is 22.4 Å². The van der Waals surface area contributed by atoms with Crippen molar-refractivity contribution in [3.63, 3.8) is 0 Å². The normalized spacial score (nSPS) is 30.7. The molecule has 0 spiro atoms. The second kappa shape index (κ2) is 10.0. The molecule has 5 atom stereocenters. The number of aromatic nitrogens is 1. The topological polar surface area (TPSA) is 121 Å². The van der Waals surface area contributed by atoms with Crippen molar-refractivity contribution in [2.45, 2.75) is 76.9 Å². The van der Waals surface area contributed by atoms with Crippen LogP contribution in [0.5, 0.6) is 5.75 Å². The van der Waals surface area contributed by atoms with Crippen molar-refractivity contribution in [2.24, 2.45) is 16.7 Å². The van der Waals surface area contributed by atoms with Gasteiger partial charge in [0.25, 0.3) is 0 Å². The van der Waals surface area contributed by atoms with Gasteiger partial charge in [-0.3, -0.25) is 9.59 Å². The van der Waals surface area contributed by atoms with Gasteiger partial charge < -0.3 is 25.6 Å². The first kappa shape index (κ1) is 26.1. The van der Waals surface area contributed by atoms with E-state index in [1.165, 1.54) is 11.3 Å². The summed E-state index contributed by atoms with van der Waals surface area (Å²) < 4.78 is 5.19. The van der Waals surface area contributed by atoms with E-state index in [4.69, 9.17) is 9.72 Å². The number of amides is 2. The summed E-state index contributed by atoms with van der Waals surface area (Å²) in [6.07, 6.45) is 3.98. The monoisotopic (exact) mass is 527 g/mol. The molecule has 3 aliphatic rings. The van der Waals surface area contributed by atoms with Crippen LogP contribution in [0.1, 0.15) is 68.0 Å². The SMILES string of the molecule is COc1ccc(CC(=O)Nc2nc3c(s2)C[C@@H]2[C@](C)(CO)[C@H](O)CC[C@@]2(C)[C@@H]3CC(=O)NC2CC2)cc1. The number of carbonyl (C=O) groups is 2. The van der Waals surface area contributed by atoms with Crippen molar-refractivity contribution in [2.75, 3.05) is 19.0 Å². The molecule has 2 fully saturated rings. The zero-order valence-electron chi connectivity index (χ0n) is 21.8. The summed E-state index contributed by atoms with van der Waals surface area (Å²) in [7, 11) is 1.61. The van der Waals surface area contributed by atoms with Crippen molar-refractivity contribution < 1.29 is 24.5 Å². The van der Waals surface area contributed by atoms with Gasteiger partial charge in [-0.15, -0.1) is 11.3 Å². The Labute approximate surface area is 221 Å². The fraction of sp³-hybridized carbons (Fsp3) is 0.607. The number of thiazole rings is 1. The Hall–Kier alpha value is -2.49. The van der Waals surface area contributed by atoms with Crippen LogP contribution in [-0.4, -0.2) is 52.9 Å². The van der Waals surface area contributed by atoms with Crippen LogP contribution in [0.2, 0.25) is 0 Å². The zero-order valence-corrected chi connectivity index (χ0v) is 22.6. The van der Waals surface area contributed by atoms with Gasteiger partial charge in [0.1, 0.15) is 5.75 Å². The van der Waals surface area contributed by atoms with E-state index in [9.17, 15) is 19.8 Å². The molecule has 2 aromatic rings. The lowest BCUT2D eigenvalue weighted by molar-refractivity contribution is -0.144. The molecule has 3 aliphatic carbocycles. The maximum Gasteiger partial charge on any atom is 0.230 e. The highest BCUT2D eigenvalue weighted by molar-refractivity contribution is 7.15. The number of nitrogens with zero attached hydrogens (tertiary/aromatic N) is 1. The minimum absolute atomic E-state index is 0.0109. The van der Waals surface area contributed by atoms with E-state index in [0.717, 1.165) is 41.1 Å². The van der Waals surface area contributed by atoms with E-state index in [1.807, 2.05) is 31.2 Å². The fourth-order valence-electron chi connectivity index (χ4n) is 6.49. The molecule has 0 unspecified atom stereocenters. The van der Waals surface area contributed by atoms with Gasteiger partial charge in [0.05, 0.1) is 31.9 Å². The molecular formula is C28H37N3O5S. The number of aliphatic hydroxyl groups excluding tert-OH is 2. The summed E-state index contributed by atoms with van der Waals surface area (Å²) in [5, 5.41) is 27.9. The van der Waals surface area contributed by atoms with Crippen molar-refractivity contribution in [3.8, 4) is 5.75 Å². The van der Waals surface area contributed by atoms with Gasteiger partial charge in [0, 0.05) is 28.7 Å². The smallest absolute Gasteiger partial charge is 0.230 e. The number of rotatable bonds is 8. The first-order valence-corrected chi connectivity index (χ1v) is 14.0. The summed E-state index contributed by atoms with van der Waals surface area (Å²) in [6, 6.07) is 7.67. The third kappa shape index (κ3) is 5.01. The maximum atomic E-state index is 13.0. The van der Waals surface area contributed by atoms with Crippen molar-refractivity contribution in [3.05, 3.63) is 40.4 Å². The van der Waals surface area contributed by atoms with Gasteiger partial charge in [-0.2, -0.15) is 0 Å². The number of nitrogens with one attached hydrogen (secondary N) is 2. The molecule has 9 heteroatoms. The van der Waals surface area contributed by atoms with Gasteiger partial charge in [0.2, 0.25) is 11.8 Å². The third-order valence-corrected chi connectivity index (χ3v) is 10.0. The Morgan fingerprint density at radius 1 is 1.16 bits per heavy atom. The molecule has 1 heterocycles. The zero-order chi connectivity index (χ0) is 26.4. The molecule has 2 amide bonds. The Morgan fingerprint density at radius 2 is 1.89 bits per heavy atom. The lowest BCUT2D eigenvalue weighted by atomic mass is 9.47. The van der Waals surface area contributed by atoms with Crippen LogP contribution in [0.3, 0.4) is 0 Å². The summed E-state index contributed by atoms with van der Waals surface area (Å²) >= 11 is 1.45. The van der Waals surface area contributed by atoms with E-state index < -0.39 is 11.5 Å². The quantitative estimate of drug-likeness (QED) is 0.418. The molecule has 0 aliphatic heterocycles. The number of benzene rings is 1. The number of anilines is 1. The molecule has 4 N–H and O–H groups in total. The van der Waals surface area contributed by atoms with Gasteiger partial charge in [-0.25, -0.2) is 4.98 Å². The average Bonchev–Trinajstić information content (AvgIpc) is 3.60. The third-order valence-electron chi connectivity index (χ3n) is 9.00. The molecule has 0 bridgehead atoms. The largest absolute Gasteiger partial charge is 0.497 e. The molecule has 1 aromatic heterocycles. The summed E-state index contributed by atoms with van der Waals surface area (Å²) in [4.78, 5) is 31.7. The van der Waals surface area contributed by atoms with Gasteiger partial charge in [-0.05, 0) is 61.1 Å².